The van der Waals surface area contributed by atoms with Crippen molar-refractivity contribution in [3.8, 4) is 11.4 Å². The van der Waals surface area contributed by atoms with Crippen molar-refractivity contribution in [2.75, 3.05) is 18.8 Å². The molecule has 130 valence electrons. The fraction of sp³-hybridized carbons (Fsp3) is 0.529. The summed E-state index contributed by atoms with van der Waals surface area (Å²) >= 11 is 0. The number of imidazole rings is 1. The summed E-state index contributed by atoms with van der Waals surface area (Å²) in [6.45, 7) is 5.06. The van der Waals surface area contributed by atoms with Gasteiger partial charge in [0.1, 0.15) is 5.82 Å². The first kappa shape index (κ1) is 17.1. The van der Waals surface area contributed by atoms with Crippen LogP contribution < -0.4 is 0 Å². The molecule has 1 saturated heterocycles. The minimum atomic E-state index is -3.16. The topological polar surface area (TPSA) is 68.1 Å². The lowest BCUT2D eigenvalue weighted by molar-refractivity contribution is 0.266. The smallest absolute Gasteiger partial charge is 0.214 e. The first-order chi connectivity index (χ1) is 11.5. The van der Waals surface area contributed by atoms with E-state index in [4.69, 9.17) is 0 Å². The highest BCUT2D eigenvalue weighted by Gasteiger charge is 2.30. The molecule has 2 aromatic heterocycles. The van der Waals surface area contributed by atoms with E-state index in [1.165, 1.54) is 0 Å². The molecule has 6 nitrogen and oxygen atoms in total. The maximum atomic E-state index is 12.4. The van der Waals surface area contributed by atoms with Gasteiger partial charge in [0.05, 0.1) is 5.75 Å². The molecule has 1 unspecified atom stereocenters. The molecule has 1 aliphatic rings. The number of piperidine rings is 1. The maximum absolute atomic E-state index is 12.4. The van der Waals surface area contributed by atoms with E-state index in [9.17, 15) is 8.42 Å². The maximum Gasteiger partial charge on any atom is 0.214 e. The molecule has 0 saturated carbocycles. The van der Waals surface area contributed by atoms with Crippen LogP contribution in [0.25, 0.3) is 11.4 Å². The Balaban J connectivity index is 1.91. The molecular weight excluding hydrogens is 324 g/mol. The Kier molecular flexibility index (Phi) is 5.01. The van der Waals surface area contributed by atoms with E-state index in [1.54, 1.807) is 16.7 Å². The van der Waals surface area contributed by atoms with Gasteiger partial charge in [-0.1, -0.05) is 6.92 Å². The Bertz CT molecular complexity index is 786. The molecular formula is C17H24N4O2S. The molecule has 1 atom stereocenters. The molecule has 0 spiro atoms. The van der Waals surface area contributed by atoms with Gasteiger partial charge in [0, 0.05) is 49.0 Å². The number of rotatable bonds is 5. The predicted molar refractivity (Wildman–Crippen MR) is 94.1 cm³/mol. The molecule has 0 aromatic carbocycles. The molecule has 2 aromatic rings. The number of sulfonamides is 1. The zero-order chi connectivity index (χ0) is 17.2. The SMILES string of the molecule is CCCS(=O)(=O)N1CCCC(n2c(C)cnc2-c2cccnc2)C1. The minimum absolute atomic E-state index is 0.114. The molecule has 1 aliphatic heterocycles. The number of nitrogens with zero attached hydrogens (tertiary/aromatic N) is 4. The fourth-order valence-corrected chi connectivity index (χ4v) is 4.97. The molecule has 24 heavy (non-hydrogen) atoms. The molecule has 3 rings (SSSR count). The second-order valence-corrected chi connectivity index (χ2v) is 8.39. The molecule has 0 bridgehead atoms. The van der Waals surface area contributed by atoms with Gasteiger partial charge < -0.3 is 4.57 Å². The van der Waals surface area contributed by atoms with Crippen LogP contribution in [-0.2, 0) is 10.0 Å². The average Bonchev–Trinajstić information content (AvgIpc) is 2.97. The third kappa shape index (κ3) is 3.37. The molecule has 0 N–H and O–H groups in total. The molecule has 0 amide bonds. The number of aryl methyl sites for hydroxylation is 1. The van der Waals surface area contributed by atoms with E-state index in [1.807, 2.05) is 32.2 Å². The first-order valence-corrected chi connectivity index (χ1v) is 10.1. The predicted octanol–water partition coefficient (Wildman–Crippen LogP) is 2.63. The van der Waals surface area contributed by atoms with Gasteiger partial charge >= 0.3 is 0 Å². The van der Waals surface area contributed by atoms with Crippen LogP contribution >= 0.6 is 0 Å². The second kappa shape index (κ2) is 7.03. The Morgan fingerprint density at radius 2 is 2.17 bits per heavy atom. The standard InChI is InChI=1S/C17H24N4O2S/c1-3-10-24(22,23)20-9-5-7-16(13-20)21-14(2)11-19-17(21)15-6-4-8-18-12-15/h4,6,8,11-12,16H,3,5,7,9-10,13H2,1-2H3. The van der Waals surface area contributed by atoms with Gasteiger partial charge in [-0.25, -0.2) is 13.4 Å². The van der Waals surface area contributed by atoms with Crippen LogP contribution in [0.3, 0.4) is 0 Å². The number of aromatic nitrogens is 3. The highest BCUT2D eigenvalue weighted by molar-refractivity contribution is 7.89. The summed E-state index contributed by atoms with van der Waals surface area (Å²) in [6.07, 6.45) is 7.87. The van der Waals surface area contributed by atoms with Crippen LogP contribution in [0, 0.1) is 6.92 Å². The molecule has 0 aliphatic carbocycles. The van der Waals surface area contributed by atoms with Crippen molar-refractivity contribution in [1.29, 1.82) is 0 Å². The summed E-state index contributed by atoms with van der Waals surface area (Å²) in [6, 6.07) is 3.99. The van der Waals surface area contributed by atoms with Crippen LogP contribution in [0.1, 0.15) is 37.9 Å². The normalized spacial score (nSPS) is 19.5. The molecule has 3 heterocycles. The third-order valence-corrected chi connectivity index (χ3v) is 6.52. The Morgan fingerprint density at radius 1 is 1.33 bits per heavy atom. The summed E-state index contributed by atoms with van der Waals surface area (Å²) < 4.78 is 28.7. The van der Waals surface area contributed by atoms with E-state index in [-0.39, 0.29) is 11.8 Å². The van der Waals surface area contributed by atoms with E-state index in [0.29, 0.717) is 19.5 Å². The Labute approximate surface area is 143 Å². The summed E-state index contributed by atoms with van der Waals surface area (Å²) in [4.78, 5) is 8.72. The number of hydrogen-bond donors (Lipinski definition) is 0. The van der Waals surface area contributed by atoms with Crippen LogP contribution in [0.15, 0.2) is 30.7 Å². The van der Waals surface area contributed by atoms with Crippen LogP contribution in [0.5, 0.6) is 0 Å². The third-order valence-electron chi connectivity index (χ3n) is 4.48. The fourth-order valence-electron chi connectivity index (χ4n) is 3.39. The number of hydrogen-bond acceptors (Lipinski definition) is 4. The van der Waals surface area contributed by atoms with Gasteiger partial charge in [-0.15, -0.1) is 0 Å². The van der Waals surface area contributed by atoms with Crippen molar-refractivity contribution in [1.82, 2.24) is 18.8 Å². The van der Waals surface area contributed by atoms with Crippen LogP contribution in [-0.4, -0.2) is 46.1 Å². The quantitative estimate of drug-likeness (QED) is 0.833. The van der Waals surface area contributed by atoms with Crippen LogP contribution in [0.2, 0.25) is 0 Å². The summed E-state index contributed by atoms with van der Waals surface area (Å²) in [5.74, 6) is 1.08. The zero-order valence-electron chi connectivity index (χ0n) is 14.2. The zero-order valence-corrected chi connectivity index (χ0v) is 15.0. The highest BCUT2D eigenvalue weighted by Crippen LogP contribution is 2.30. The van der Waals surface area contributed by atoms with Gasteiger partial charge in [0.2, 0.25) is 10.0 Å². The molecule has 1 fully saturated rings. The summed E-state index contributed by atoms with van der Waals surface area (Å²) in [5, 5.41) is 0. The van der Waals surface area contributed by atoms with Gasteiger partial charge in [0.25, 0.3) is 0 Å². The summed E-state index contributed by atoms with van der Waals surface area (Å²) in [5.41, 5.74) is 2.01. The molecule has 0 radical (unpaired) electrons. The molecule has 7 heteroatoms. The van der Waals surface area contributed by atoms with Crippen molar-refractivity contribution in [3.63, 3.8) is 0 Å². The van der Waals surface area contributed by atoms with Crippen molar-refractivity contribution in [3.05, 3.63) is 36.4 Å². The minimum Gasteiger partial charge on any atom is -0.324 e. The highest BCUT2D eigenvalue weighted by atomic mass is 32.2. The summed E-state index contributed by atoms with van der Waals surface area (Å²) in [7, 11) is -3.16. The van der Waals surface area contributed by atoms with Crippen molar-refractivity contribution in [2.45, 2.75) is 39.2 Å². The lowest BCUT2D eigenvalue weighted by atomic mass is 10.1. The monoisotopic (exact) mass is 348 g/mol. The van der Waals surface area contributed by atoms with Crippen molar-refractivity contribution < 1.29 is 8.42 Å². The van der Waals surface area contributed by atoms with Gasteiger partial charge in [-0.3, -0.25) is 4.98 Å². The van der Waals surface area contributed by atoms with E-state index < -0.39 is 10.0 Å². The lowest BCUT2D eigenvalue weighted by Gasteiger charge is -2.34. The second-order valence-electron chi connectivity index (χ2n) is 6.30. The Hall–Kier alpha value is -1.73. The Morgan fingerprint density at radius 3 is 2.88 bits per heavy atom. The van der Waals surface area contributed by atoms with E-state index in [0.717, 1.165) is 29.9 Å². The van der Waals surface area contributed by atoms with E-state index in [2.05, 4.69) is 14.5 Å². The van der Waals surface area contributed by atoms with Gasteiger partial charge in [-0.2, -0.15) is 4.31 Å². The van der Waals surface area contributed by atoms with E-state index >= 15 is 0 Å². The van der Waals surface area contributed by atoms with Gasteiger partial charge in [-0.05, 0) is 38.3 Å². The van der Waals surface area contributed by atoms with Crippen molar-refractivity contribution in [2.24, 2.45) is 0 Å². The largest absolute Gasteiger partial charge is 0.324 e. The first-order valence-electron chi connectivity index (χ1n) is 8.45. The number of pyridine rings is 1. The van der Waals surface area contributed by atoms with Crippen LogP contribution in [0.4, 0.5) is 0 Å². The lowest BCUT2D eigenvalue weighted by Crippen LogP contribution is -2.42. The van der Waals surface area contributed by atoms with Crippen molar-refractivity contribution >= 4 is 10.0 Å². The average molecular weight is 348 g/mol. The van der Waals surface area contributed by atoms with Gasteiger partial charge in [0.15, 0.2) is 0 Å².